The van der Waals surface area contributed by atoms with E-state index in [9.17, 15) is 19.8 Å². The molecule has 0 aliphatic heterocycles. The van der Waals surface area contributed by atoms with Gasteiger partial charge in [-0.2, -0.15) is 0 Å². The van der Waals surface area contributed by atoms with E-state index in [-0.39, 0.29) is 18.5 Å². The highest BCUT2D eigenvalue weighted by atomic mass is 16.5. The average Bonchev–Trinajstić information content (AvgIpc) is 3.38. The first-order chi connectivity index (χ1) is 35.5. The van der Waals surface area contributed by atoms with Gasteiger partial charge in [0.15, 0.2) is 0 Å². The minimum atomic E-state index is -0.666. The third-order valence-corrected chi connectivity index (χ3v) is 15.2. The van der Waals surface area contributed by atoms with E-state index < -0.39 is 12.1 Å². The SMILES string of the molecule is CCCCCCCCC/C=C\CCCCCCCCCC(=O)OCCCCCCCCCCCCCC/C=C\CCCCCCCCCCC(=O)NC(CO)C(O)CCCCCCCCCCCCCCC. The maximum Gasteiger partial charge on any atom is 0.305 e. The van der Waals surface area contributed by atoms with Crippen molar-refractivity contribution in [2.45, 2.75) is 373 Å². The average molecular weight is 1010 g/mol. The molecule has 0 aliphatic carbocycles. The van der Waals surface area contributed by atoms with Crippen LogP contribution in [0.25, 0.3) is 0 Å². The lowest BCUT2D eigenvalue weighted by molar-refractivity contribution is -0.143. The standard InChI is InChI=1S/C66H127NO5/c1-3-5-7-9-11-13-15-17-18-19-29-32-36-40-44-48-52-56-60-66(71)72-61-57-53-49-45-41-37-33-30-27-25-23-21-20-22-24-26-28-31-35-39-43-47-51-55-59-65(70)67-63(62-68)64(69)58-54-50-46-42-38-34-16-14-12-10-8-6-4-2/h18-19,22,24,63-64,68-69H,3-17,20-21,23,25-62H2,1-2H3,(H,67,70)/b19-18-,24-22-. The van der Waals surface area contributed by atoms with Crippen molar-refractivity contribution in [2.75, 3.05) is 13.2 Å². The molecule has 0 saturated carbocycles. The number of rotatable bonds is 61. The van der Waals surface area contributed by atoms with Crippen molar-refractivity contribution >= 4 is 11.9 Å². The van der Waals surface area contributed by atoms with Crippen LogP contribution in [0.2, 0.25) is 0 Å². The zero-order valence-corrected chi connectivity index (χ0v) is 48.7. The summed E-state index contributed by atoms with van der Waals surface area (Å²) in [5, 5.41) is 23.3. The van der Waals surface area contributed by atoms with E-state index in [4.69, 9.17) is 4.74 Å². The summed E-state index contributed by atoms with van der Waals surface area (Å²) in [5.41, 5.74) is 0. The molecule has 0 fully saturated rings. The van der Waals surface area contributed by atoms with Crippen molar-refractivity contribution in [3.63, 3.8) is 0 Å². The maximum absolute atomic E-state index is 12.5. The second-order valence-electron chi connectivity index (χ2n) is 22.4. The van der Waals surface area contributed by atoms with Gasteiger partial charge in [0.1, 0.15) is 0 Å². The summed E-state index contributed by atoms with van der Waals surface area (Å²) in [6, 6.07) is -0.544. The Labute approximate surface area is 450 Å². The van der Waals surface area contributed by atoms with Gasteiger partial charge in [0.05, 0.1) is 25.4 Å². The first-order valence-electron chi connectivity index (χ1n) is 32.6. The number of allylic oxidation sites excluding steroid dienone is 4. The van der Waals surface area contributed by atoms with Crippen LogP contribution < -0.4 is 5.32 Å². The quantitative estimate of drug-likeness (QED) is 0.0320. The number of aliphatic hydroxyl groups is 2. The Morgan fingerprint density at radius 1 is 0.375 bits per heavy atom. The number of carbonyl (C=O) groups is 2. The molecule has 2 atom stereocenters. The molecule has 0 radical (unpaired) electrons. The normalized spacial score (nSPS) is 12.7. The molecule has 0 aliphatic rings. The fraction of sp³-hybridized carbons (Fsp3) is 0.909. The van der Waals surface area contributed by atoms with E-state index in [0.717, 1.165) is 44.9 Å². The van der Waals surface area contributed by atoms with Gasteiger partial charge in [-0.3, -0.25) is 9.59 Å². The maximum atomic E-state index is 12.5. The number of carbonyl (C=O) groups excluding carboxylic acids is 2. The number of hydrogen-bond acceptors (Lipinski definition) is 5. The Morgan fingerprint density at radius 3 is 0.986 bits per heavy atom. The van der Waals surface area contributed by atoms with E-state index in [1.165, 1.54) is 283 Å². The lowest BCUT2D eigenvalue weighted by Gasteiger charge is -2.22. The van der Waals surface area contributed by atoms with Crippen LogP contribution in [0.15, 0.2) is 24.3 Å². The van der Waals surface area contributed by atoms with Crippen molar-refractivity contribution in [2.24, 2.45) is 0 Å². The lowest BCUT2D eigenvalue weighted by Crippen LogP contribution is -2.45. The highest BCUT2D eigenvalue weighted by molar-refractivity contribution is 5.76. The molecule has 0 spiro atoms. The van der Waals surface area contributed by atoms with Gasteiger partial charge < -0.3 is 20.3 Å². The molecule has 2 unspecified atom stereocenters. The fourth-order valence-electron chi connectivity index (χ4n) is 10.2. The van der Waals surface area contributed by atoms with Crippen LogP contribution in [-0.2, 0) is 14.3 Å². The lowest BCUT2D eigenvalue weighted by atomic mass is 10.0. The molecule has 0 bridgehead atoms. The summed E-state index contributed by atoms with van der Waals surface area (Å²) in [5.74, 6) is -0.0281. The molecule has 6 nitrogen and oxygen atoms in total. The summed E-state index contributed by atoms with van der Waals surface area (Å²) in [6.07, 6.45) is 76.3. The minimum Gasteiger partial charge on any atom is -0.466 e. The summed E-state index contributed by atoms with van der Waals surface area (Å²) < 4.78 is 5.50. The molecule has 0 heterocycles. The summed E-state index contributed by atoms with van der Waals surface area (Å²) >= 11 is 0. The summed E-state index contributed by atoms with van der Waals surface area (Å²) in [6.45, 7) is 4.97. The van der Waals surface area contributed by atoms with Crippen LogP contribution >= 0.6 is 0 Å². The van der Waals surface area contributed by atoms with E-state index in [1.807, 2.05) is 0 Å². The first kappa shape index (κ1) is 70.3. The van der Waals surface area contributed by atoms with Crippen molar-refractivity contribution in [3.05, 3.63) is 24.3 Å². The van der Waals surface area contributed by atoms with Crippen molar-refractivity contribution < 1.29 is 24.5 Å². The highest BCUT2D eigenvalue weighted by Crippen LogP contribution is 2.18. The minimum absolute atomic E-state index is 0.0101. The Hall–Kier alpha value is -1.66. The van der Waals surface area contributed by atoms with Gasteiger partial charge in [-0.25, -0.2) is 0 Å². The van der Waals surface area contributed by atoms with Gasteiger partial charge in [-0.05, 0) is 77.0 Å². The molecule has 0 rings (SSSR count). The zero-order chi connectivity index (χ0) is 52.2. The van der Waals surface area contributed by atoms with E-state index >= 15 is 0 Å². The molecule has 1 amide bonds. The predicted molar refractivity (Wildman–Crippen MR) is 315 cm³/mol. The van der Waals surface area contributed by atoms with Gasteiger partial charge in [0, 0.05) is 12.8 Å². The third-order valence-electron chi connectivity index (χ3n) is 15.2. The molecule has 0 aromatic carbocycles. The third kappa shape index (κ3) is 57.6. The summed E-state index contributed by atoms with van der Waals surface area (Å²) in [7, 11) is 0. The Balaban J connectivity index is 3.38. The Kier molecular flexibility index (Phi) is 60.5. The molecule has 0 saturated heterocycles. The molecule has 72 heavy (non-hydrogen) atoms. The number of aliphatic hydroxyl groups excluding tert-OH is 2. The molecule has 3 N–H and O–H groups in total. The van der Waals surface area contributed by atoms with Crippen LogP contribution in [-0.4, -0.2) is 47.4 Å². The van der Waals surface area contributed by atoms with Gasteiger partial charge in [-0.1, -0.05) is 295 Å². The summed E-state index contributed by atoms with van der Waals surface area (Å²) in [4.78, 5) is 24.6. The van der Waals surface area contributed by atoms with Crippen LogP contribution in [0.4, 0.5) is 0 Å². The van der Waals surface area contributed by atoms with Crippen molar-refractivity contribution in [1.29, 1.82) is 0 Å². The van der Waals surface area contributed by atoms with Gasteiger partial charge in [-0.15, -0.1) is 0 Å². The van der Waals surface area contributed by atoms with Crippen LogP contribution in [0.5, 0.6) is 0 Å². The molecule has 0 aromatic rings. The highest BCUT2D eigenvalue weighted by Gasteiger charge is 2.20. The number of esters is 1. The zero-order valence-electron chi connectivity index (χ0n) is 48.7. The Morgan fingerprint density at radius 2 is 0.653 bits per heavy atom. The predicted octanol–water partition coefficient (Wildman–Crippen LogP) is 20.6. The number of ether oxygens (including phenoxy) is 1. The number of nitrogens with one attached hydrogen (secondary N) is 1. The largest absolute Gasteiger partial charge is 0.466 e. The van der Waals surface area contributed by atoms with Gasteiger partial charge in [0.2, 0.25) is 5.91 Å². The van der Waals surface area contributed by atoms with Crippen LogP contribution in [0.3, 0.4) is 0 Å². The molecule has 6 heteroatoms. The monoisotopic (exact) mass is 1010 g/mol. The second-order valence-corrected chi connectivity index (χ2v) is 22.4. The van der Waals surface area contributed by atoms with Crippen LogP contribution in [0, 0.1) is 0 Å². The molecular weight excluding hydrogens is 887 g/mol. The smallest absolute Gasteiger partial charge is 0.305 e. The topological polar surface area (TPSA) is 95.9 Å². The second kappa shape index (κ2) is 61.9. The van der Waals surface area contributed by atoms with Crippen molar-refractivity contribution in [3.8, 4) is 0 Å². The van der Waals surface area contributed by atoms with Gasteiger partial charge in [0.25, 0.3) is 0 Å². The van der Waals surface area contributed by atoms with E-state index in [0.29, 0.717) is 25.9 Å². The van der Waals surface area contributed by atoms with Gasteiger partial charge >= 0.3 is 5.97 Å². The molecular formula is C66H127NO5. The number of hydrogen-bond donors (Lipinski definition) is 3. The van der Waals surface area contributed by atoms with Crippen molar-refractivity contribution in [1.82, 2.24) is 5.32 Å². The number of unbranched alkanes of at least 4 members (excludes halogenated alkanes) is 46. The molecule has 426 valence electrons. The first-order valence-corrected chi connectivity index (χ1v) is 32.6. The molecule has 0 aromatic heterocycles. The Bertz CT molecular complexity index is 1120. The van der Waals surface area contributed by atoms with Crippen LogP contribution in [0.1, 0.15) is 361 Å². The van der Waals surface area contributed by atoms with E-state index in [1.54, 1.807) is 0 Å². The van der Waals surface area contributed by atoms with E-state index in [2.05, 4.69) is 43.5 Å². The fourth-order valence-corrected chi connectivity index (χ4v) is 10.2. The number of amides is 1.